The first-order valence-electron chi connectivity index (χ1n) is 34.4. The monoisotopic (exact) mass is 1330 g/mol. The Kier molecular flexibility index (Phi) is 24.3. The van der Waals surface area contributed by atoms with Gasteiger partial charge in [0.05, 0.1) is 86.0 Å². The third-order valence-corrected chi connectivity index (χ3v) is 18.1. The second kappa shape index (κ2) is 32.9. The van der Waals surface area contributed by atoms with Crippen molar-refractivity contribution in [2.75, 3.05) is 27.3 Å². The number of rotatable bonds is 24. The first kappa shape index (κ1) is 72.4. The molecule has 22 nitrogen and oxygen atoms in total. The minimum atomic E-state index is -0.687. The summed E-state index contributed by atoms with van der Waals surface area (Å²) in [6, 6.07) is 31.1. The molecule has 0 radical (unpaired) electrons. The van der Waals surface area contributed by atoms with E-state index in [2.05, 4.69) is 162 Å². The van der Waals surface area contributed by atoms with Gasteiger partial charge in [-0.05, 0) is 106 Å². The van der Waals surface area contributed by atoms with Crippen molar-refractivity contribution in [1.29, 1.82) is 0 Å². The molecule has 2 saturated heterocycles. The lowest BCUT2D eigenvalue weighted by molar-refractivity contribution is -0.136. The lowest BCUT2D eigenvalue weighted by Gasteiger charge is -2.30. The van der Waals surface area contributed by atoms with E-state index in [4.69, 9.17) is 9.47 Å². The summed E-state index contributed by atoms with van der Waals surface area (Å²) < 4.78 is 9.50. The highest BCUT2D eigenvalue weighted by molar-refractivity contribution is 5.87. The average molecular weight is 1340 g/mol. The van der Waals surface area contributed by atoms with E-state index in [0.29, 0.717) is 37.8 Å². The fourth-order valence-corrected chi connectivity index (χ4v) is 12.7. The van der Waals surface area contributed by atoms with Crippen LogP contribution in [0.1, 0.15) is 169 Å². The van der Waals surface area contributed by atoms with E-state index in [1.54, 1.807) is 22.2 Å². The standard InChI is InChI=1S/C40H50N8O6.C36H48N6O2/c1-23(2)33(45-39(51)53-5)37(49)47-19-7-9-31(47)35-41-21-29(43-35)27-15-11-25(12-16-27)26-13-17-28(18-14-26)30-22-42-36(44-30)32-10-8-20-48(32)38(50)34(24(3)4)46-40(52)54-6;1-21(2)17-31(43)41-33(23(5)6)35-37-19-29(39-35)27-13-9-25(10-14-27)26-11-15-28(16-12-26)30-20-38-36(40-30)34(24(7)8)42-32(44)18-22(3)4/h11-18,21-24,31-34H,7-10,19-20H2,1-6H3,(H,41,43)(H,42,44)(H,45,51)(H,46,52);9-16,19-24,33-34H,17-18H2,1-8H3,(H,37,39)(H,38,40)(H,41,43)(H,42,44)/t31-,32-,33-,34-;33-,34-/m00/s1. The summed E-state index contributed by atoms with van der Waals surface area (Å²) in [4.78, 5) is 112. The number of carbonyl (C=O) groups excluding carboxylic acids is 6. The molecule has 6 atom stereocenters. The van der Waals surface area contributed by atoms with Crippen molar-refractivity contribution in [3.8, 4) is 67.3 Å². The SMILES string of the molecule is CC(C)CC(=O)N[C@H](c1ncc(-c2ccc(-c3ccc(-c4cnc([C@@H](NC(=O)CC(C)C)C(C)C)[nH]4)cc3)cc2)[nH]1)C(C)C.COC(=O)N[C@H](C(=O)N1CCC[C@H]1c1ncc(-c2ccc(-c3ccc(-c4cnc([C@@H]5CCCN5C(=O)[C@@H](NC(=O)OC)C(C)C)[nH]4)cc3)cc2)[nH]1)C(C)C. The smallest absolute Gasteiger partial charge is 0.407 e. The van der Waals surface area contributed by atoms with E-state index in [1.807, 2.05) is 92.0 Å². The molecular formula is C76H98N14O8. The Balaban J connectivity index is 0.000000234. The molecule has 8 aromatic rings. The fourth-order valence-electron chi connectivity index (χ4n) is 12.7. The van der Waals surface area contributed by atoms with Gasteiger partial charge in [0.15, 0.2) is 0 Å². The molecule has 2 fully saturated rings. The Morgan fingerprint density at radius 1 is 0.408 bits per heavy atom. The molecule has 22 heteroatoms. The van der Waals surface area contributed by atoms with Gasteiger partial charge >= 0.3 is 12.2 Å². The maximum Gasteiger partial charge on any atom is 0.407 e. The van der Waals surface area contributed by atoms with Crippen LogP contribution >= 0.6 is 0 Å². The highest BCUT2D eigenvalue weighted by Crippen LogP contribution is 2.37. The van der Waals surface area contributed by atoms with Crippen LogP contribution in [0.15, 0.2) is 122 Å². The van der Waals surface area contributed by atoms with Gasteiger partial charge in [-0.25, -0.2) is 29.5 Å². The molecule has 4 aromatic heterocycles. The van der Waals surface area contributed by atoms with Crippen LogP contribution in [0.4, 0.5) is 9.59 Å². The Morgan fingerprint density at radius 3 is 0.969 bits per heavy atom. The second-order valence-electron chi connectivity index (χ2n) is 27.9. The molecule has 0 aliphatic carbocycles. The molecule has 6 amide bonds. The summed E-state index contributed by atoms with van der Waals surface area (Å²) in [5.74, 6) is 3.61. The Hall–Kier alpha value is -9.86. The Morgan fingerprint density at radius 2 is 0.694 bits per heavy atom. The van der Waals surface area contributed by atoms with Crippen molar-refractivity contribution in [2.45, 2.75) is 158 Å². The third-order valence-electron chi connectivity index (χ3n) is 18.1. The number of ether oxygens (including phenoxy) is 2. The van der Waals surface area contributed by atoms with Crippen molar-refractivity contribution in [3.63, 3.8) is 0 Å². The number of imidazole rings is 4. The lowest BCUT2D eigenvalue weighted by atomic mass is 10.0. The zero-order chi connectivity index (χ0) is 70.5. The molecule has 8 N–H and O–H groups in total. The quantitative estimate of drug-likeness (QED) is 0.0280. The number of hydrogen-bond acceptors (Lipinski definition) is 12. The van der Waals surface area contributed by atoms with E-state index in [-0.39, 0.29) is 71.5 Å². The summed E-state index contributed by atoms with van der Waals surface area (Å²) in [6.45, 7) is 25.3. The number of nitrogens with one attached hydrogen (secondary N) is 8. The normalized spacial score (nSPS) is 15.9. The number of alkyl carbamates (subject to hydrolysis) is 2. The predicted octanol–water partition coefficient (Wildman–Crippen LogP) is 14.1. The molecule has 2 aliphatic rings. The van der Waals surface area contributed by atoms with E-state index in [0.717, 1.165) is 116 Å². The van der Waals surface area contributed by atoms with Crippen LogP contribution in [-0.2, 0) is 28.7 Å². The first-order chi connectivity index (χ1) is 46.9. The first-order valence-corrected chi connectivity index (χ1v) is 34.4. The molecule has 10 rings (SSSR count). The van der Waals surface area contributed by atoms with Crippen LogP contribution in [0.5, 0.6) is 0 Å². The van der Waals surface area contributed by atoms with Crippen LogP contribution < -0.4 is 21.3 Å². The van der Waals surface area contributed by atoms with Crippen LogP contribution in [0.2, 0.25) is 0 Å². The van der Waals surface area contributed by atoms with Gasteiger partial charge in [-0.15, -0.1) is 0 Å². The van der Waals surface area contributed by atoms with Crippen molar-refractivity contribution >= 4 is 35.8 Å². The zero-order valence-corrected chi connectivity index (χ0v) is 59.1. The maximum absolute atomic E-state index is 13.5. The summed E-state index contributed by atoms with van der Waals surface area (Å²) in [7, 11) is 2.58. The molecule has 6 heterocycles. The number of carbonyl (C=O) groups is 6. The van der Waals surface area contributed by atoms with Gasteiger partial charge in [0.1, 0.15) is 35.4 Å². The van der Waals surface area contributed by atoms with E-state index in [1.165, 1.54) is 14.2 Å². The number of amides is 6. The van der Waals surface area contributed by atoms with Crippen LogP contribution in [0.3, 0.4) is 0 Å². The molecule has 520 valence electrons. The number of nitrogens with zero attached hydrogens (tertiary/aromatic N) is 6. The van der Waals surface area contributed by atoms with Crippen LogP contribution in [-0.4, -0.2) is 125 Å². The van der Waals surface area contributed by atoms with Crippen LogP contribution in [0.25, 0.3) is 67.3 Å². The van der Waals surface area contributed by atoms with Gasteiger partial charge in [-0.1, -0.05) is 180 Å². The summed E-state index contributed by atoms with van der Waals surface area (Å²) >= 11 is 0. The van der Waals surface area contributed by atoms with Gasteiger partial charge < -0.3 is 60.5 Å². The van der Waals surface area contributed by atoms with Gasteiger partial charge in [0.25, 0.3) is 0 Å². The van der Waals surface area contributed by atoms with Crippen molar-refractivity contribution in [2.24, 2.45) is 35.5 Å². The van der Waals surface area contributed by atoms with E-state index >= 15 is 0 Å². The number of H-pyrrole nitrogens is 4. The lowest BCUT2D eigenvalue weighted by Crippen LogP contribution is -2.51. The number of aromatic nitrogens is 8. The average Bonchev–Trinajstić information content (AvgIpc) is 1.73. The minimum Gasteiger partial charge on any atom is -0.453 e. The van der Waals surface area contributed by atoms with E-state index in [9.17, 15) is 28.8 Å². The molecule has 0 bridgehead atoms. The van der Waals surface area contributed by atoms with E-state index < -0.39 is 24.3 Å². The molecule has 2 aliphatic heterocycles. The van der Waals surface area contributed by atoms with Crippen molar-refractivity contribution in [3.05, 3.63) is 145 Å². The molecule has 0 spiro atoms. The van der Waals surface area contributed by atoms with Gasteiger partial charge in [-0.3, -0.25) is 19.2 Å². The number of likely N-dealkylation sites (tertiary alicyclic amines) is 2. The highest BCUT2D eigenvalue weighted by atomic mass is 16.5. The van der Waals surface area contributed by atoms with Crippen molar-refractivity contribution < 1.29 is 38.2 Å². The maximum atomic E-state index is 13.5. The molecule has 0 unspecified atom stereocenters. The van der Waals surface area contributed by atoms with Gasteiger partial charge in [-0.2, -0.15) is 0 Å². The van der Waals surface area contributed by atoms with Gasteiger partial charge in [0.2, 0.25) is 23.6 Å². The molecule has 98 heavy (non-hydrogen) atoms. The summed E-state index contributed by atoms with van der Waals surface area (Å²) in [5, 5.41) is 11.7. The molecule has 4 aromatic carbocycles. The topological polar surface area (TPSA) is 290 Å². The molecular weight excluding hydrogens is 1240 g/mol. The highest BCUT2D eigenvalue weighted by Gasteiger charge is 2.39. The Bertz CT molecular complexity index is 3700. The zero-order valence-electron chi connectivity index (χ0n) is 59.1. The minimum absolute atomic E-state index is 0.0466. The summed E-state index contributed by atoms with van der Waals surface area (Å²) in [5.41, 5.74) is 11.9. The predicted molar refractivity (Wildman–Crippen MR) is 380 cm³/mol. The van der Waals surface area contributed by atoms with Crippen molar-refractivity contribution in [1.82, 2.24) is 70.9 Å². The number of benzene rings is 4. The Labute approximate surface area is 575 Å². The number of aromatic amines is 4. The third kappa shape index (κ3) is 18.0. The van der Waals surface area contributed by atoms with Crippen LogP contribution in [0, 0.1) is 35.5 Å². The fraction of sp³-hybridized carbons (Fsp3) is 0.447. The molecule has 0 saturated carbocycles. The van der Waals surface area contributed by atoms with Gasteiger partial charge in [0, 0.05) is 25.9 Å². The number of hydrogen-bond donors (Lipinski definition) is 8. The summed E-state index contributed by atoms with van der Waals surface area (Å²) in [6.07, 6.45) is 10.3. The second-order valence-corrected chi connectivity index (χ2v) is 27.9. The largest absolute Gasteiger partial charge is 0.453 e. The number of methoxy groups -OCH3 is 2.